The number of nitrogens with two attached hydrogens (primary N) is 1. The van der Waals surface area contributed by atoms with Crippen LogP contribution in [0.3, 0.4) is 0 Å². The summed E-state index contributed by atoms with van der Waals surface area (Å²) in [4.78, 5) is 12.0. The third-order valence-corrected chi connectivity index (χ3v) is 3.01. The molecule has 21 heavy (non-hydrogen) atoms. The molecule has 6 nitrogen and oxygen atoms in total. The Hall–Kier alpha value is -2.73. The molecular formula is C14H13ClN4O2. The van der Waals surface area contributed by atoms with Gasteiger partial charge in [-0.05, 0) is 24.3 Å². The van der Waals surface area contributed by atoms with Crippen LogP contribution in [0.5, 0.6) is 0 Å². The van der Waals surface area contributed by atoms with Crippen LogP contribution in [0, 0.1) is 0 Å². The summed E-state index contributed by atoms with van der Waals surface area (Å²) in [5.41, 5.74) is 6.86. The molecular weight excluding hydrogens is 292 g/mol. The van der Waals surface area contributed by atoms with Crippen LogP contribution in [0.1, 0.15) is 5.56 Å². The predicted molar refractivity (Wildman–Crippen MR) is 83.0 cm³/mol. The fourth-order valence-corrected chi connectivity index (χ4v) is 1.89. The zero-order valence-electron chi connectivity index (χ0n) is 10.9. The van der Waals surface area contributed by atoms with Gasteiger partial charge in [0.2, 0.25) is 0 Å². The first-order valence-electron chi connectivity index (χ1n) is 6.01. The Morgan fingerprint density at radius 2 is 1.62 bits per heavy atom. The highest BCUT2D eigenvalue weighted by atomic mass is 35.5. The quantitative estimate of drug-likeness (QED) is 0.303. The van der Waals surface area contributed by atoms with Gasteiger partial charge in [0.15, 0.2) is 5.84 Å². The summed E-state index contributed by atoms with van der Waals surface area (Å²) in [5.74, 6) is -0.0938. The van der Waals surface area contributed by atoms with Crippen LogP contribution in [-0.4, -0.2) is 17.1 Å². The van der Waals surface area contributed by atoms with E-state index in [1.165, 1.54) is 0 Å². The average Bonchev–Trinajstić information content (AvgIpc) is 2.49. The molecule has 0 aliphatic rings. The summed E-state index contributed by atoms with van der Waals surface area (Å²) in [5, 5.41) is 17.3. The number of halogens is 1. The largest absolute Gasteiger partial charge is 0.409 e. The molecule has 2 aromatic carbocycles. The van der Waals surface area contributed by atoms with Gasteiger partial charge < -0.3 is 21.6 Å². The van der Waals surface area contributed by atoms with Gasteiger partial charge in [0.1, 0.15) is 0 Å². The highest BCUT2D eigenvalue weighted by Gasteiger charge is 2.10. The van der Waals surface area contributed by atoms with Crippen molar-refractivity contribution in [3.63, 3.8) is 0 Å². The summed E-state index contributed by atoms with van der Waals surface area (Å²) in [7, 11) is 0. The number of oxime groups is 1. The average molecular weight is 305 g/mol. The maximum Gasteiger partial charge on any atom is 0.323 e. The maximum atomic E-state index is 12.0. The number of anilines is 2. The number of hydrogen-bond donors (Lipinski definition) is 4. The summed E-state index contributed by atoms with van der Waals surface area (Å²) >= 11 is 5.96. The minimum absolute atomic E-state index is 0.0938. The highest BCUT2D eigenvalue weighted by molar-refractivity contribution is 6.33. The zero-order valence-corrected chi connectivity index (χ0v) is 11.6. The molecule has 0 radical (unpaired) electrons. The Labute approximate surface area is 126 Å². The summed E-state index contributed by atoms with van der Waals surface area (Å²) in [6.07, 6.45) is 0. The van der Waals surface area contributed by atoms with Gasteiger partial charge in [0.25, 0.3) is 0 Å². The normalized spacial score (nSPS) is 11.0. The molecule has 0 aliphatic heterocycles. The van der Waals surface area contributed by atoms with E-state index < -0.39 is 6.03 Å². The third-order valence-electron chi connectivity index (χ3n) is 2.68. The van der Waals surface area contributed by atoms with Crippen molar-refractivity contribution >= 4 is 34.8 Å². The number of amidine groups is 1. The van der Waals surface area contributed by atoms with Gasteiger partial charge in [-0.25, -0.2) is 4.79 Å². The predicted octanol–water partition coefficient (Wildman–Crippen LogP) is 3.08. The number of rotatable bonds is 3. The van der Waals surface area contributed by atoms with E-state index in [9.17, 15) is 4.79 Å². The lowest BCUT2D eigenvalue weighted by Crippen LogP contribution is -2.23. The summed E-state index contributed by atoms with van der Waals surface area (Å²) in [6, 6.07) is 13.1. The fourth-order valence-electron chi connectivity index (χ4n) is 1.71. The Morgan fingerprint density at radius 1 is 1.05 bits per heavy atom. The van der Waals surface area contributed by atoms with Crippen molar-refractivity contribution < 1.29 is 10.0 Å². The minimum Gasteiger partial charge on any atom is -0.409 e. The van der Waals surface area contributed by atoms with Crippen LogP contribution in [0.25, 0.3) is 0 Å². The second kappa shape index (κ2) is 6.62. The number of carbonyl (C=O) groups is 1. The zero-order chi connectivity index (χ0) is 15.2. The van der Waals surface area contributed by atoms with Crippen molar-refractivity contribution in [1.82, 2.24) is 0 Å². The Balaban J connectivity index is 2.16. The van der Waals surface area contributed by atoms with Gasteiger partial charge in [-0.15, -0.1) is 0 Å². The van der Waals surface area contributed by atoms with Gasteiger partial charge in [-0.2, -0.15) is 0 Å². The maximum absolute atomic E-state index is 12.0. The van der Waals surface area contributed by atoms with E-state index in [2.05, 4.69) is 15.8 Å². The van der Waals surface area contributed by atoms with Crippen LogP contribution >= 0.6 is 11.6 Å². The number of carbonyl (C=O) groups excluding carboxylic acids is 1. The lowest BCUT2D eigenvalue weighted by molar-refractivity contribution is 0.262. The van der Waals surface area contributed by atoms with E-state index in [4.69, 9.17) is 22.5 Å². The molecule has 7 heteroatoms. The monoisotopic (exact) mass is 304 g/mol. The van der Waals surface area contributed by atoms with Crippen molar-refractivity contribution in [2.24, 2.45) is 10.9 Å². The number of nitrogens with zero attached hydrogens (tertiary/aromatic N) is 1. The SMILES string of the molecule is N/C(=N/O)c1ccccc1NC(=O)Nc1ccccc1Cl. The number of benzene rings is 2. The van der Waals surface area contributed by atoms with Gasteiger partial charge in [-0.1, -0.05) is 41.0 Å². The lowest BCUT2D eigenvalue weighted by Gasteiger charge is -2.11. The van der Waals surface area contributed by atoms with Crippen LogP contribution in [-0.2, 0) is 0 Å². The van der Waals surface area contributed by atoms with E-state index in [-0.39, 0.29) is 5.84 Å². The van der Waals surface area contributed by atoms with E-state index in [1.54, 1.807) is 48.5 Å². The molecule has 2 aromatic rings. The van der Waals surface area contributed by atoms with Gasteiger partial charge in [0.05, 0.1) is 16.4 Å². The summed E-state index contributed by atoms with van der Waals surface area (Å²) < 4.78 is 0. The van der Waals surface area contributed by atoms with Gasteiger partial charge in [0, 0.05) is 5.56 Å². The molecule has 0 saturated carbocycles. The van der Waals surface area contributed by atoms with Crippen LogP contribution in [0.2, 0.25) is 5.02 Å². The smallest absolute Gasteiger partial charge is 0.323 e. The molecule has 0 aliphatic carbocycles. The van der Waals surface area contributed by atoms with Crippen molar-refractivity contribution in [2.45, 2.75) is 0 Å². The number of urea groups is 1. The second-order valence-corrected chi connectivity index (χ2v) is 4.50. The molecule has 0 saturated heterocycles. The van der Waals surface area contributed by atoms with Crippen LogP contribution in [0.4, 0.5) is 16.2 Å². The molecule has 108 valence electrons. The molecule has 0 fully saturated rings. The van der Waals surface area contributed by atoms with Crippen LogP contribution in [0.15, 0.2) is 53.7 Å². The molecule has 2 rings (SSSR count). The van der Waals surface area contributed by atoms with E-state index >= 15 is 0 Å². The number of para-hydroxylation sites is 2. The first-order chi connectivity index (χ1) is 10.1. The van der Waals surface area contributed by atoms with E-state index in [0.29, 0.717) is 22.0 Å². The molecule has 2 amide bonds. The fraction of sp³-hybridized carbons (Fsp3) is 0. The van der Waals surface area contributed by atoms with Crippen LogP contribution < -0.4 is 16.4 Å². The first kappa shape index (κ1) is 14.7. The highest BCUT2D eigenvalue weighted by Crippen LogP contribution is 2.21. The molecule has 0 bridgehead atoms. The molecule has 0 unspecified atom stereocenters. The van der Waals surface area contributed by atoms with Gasteiger partial charge >= 0.3 is 6.03 Å². The van der Waals surface area contributed by atoms with Crippen molar-refractivity contribution in [3.05, 3.63) is 59.1 Å². The summed E-state index contributed by atoms with van der Waals surface area (Å²) in [6.45, 7) is 0. The Morgan fingerprint density at radius 3 is 2.29 bits per heavy atom. The Bertz CT molecular complexity index is 688. The molecule has 0 spiro atoms. The third kappa shape index (κ3) is 3.64. The Kier molecular flexibility index (Phi) is 4.63. The van der Waals surface area contributed by atoms with Crippen molar-refractivity contribution in [1.29, 1.82) is 0 Å². The number of nitrogens with one attached hydrogen (secondary N) is 2. The second-order valence-electron chi connectivity index (χ2n) is 4.09. The molecule has 0 atom stereocenters. The van der Waals surface area contributed by atoms with E-state index in [1.807, 2.05) is 0 Å². The van der Waals surface area contributed by atoms with Crippen molar-refractivity contribution in [2.75, 3.05) is 10.6 Å². The molecule has 0 aromatic heterocycles. The van der Waals surface area contributed by atoms with Gasteiger partial charge in [-0.3, -0.25) is 0 Å². The molecule has 0 heterocycles. The number of hydrogen-bond acceptors (Lipinski definition) is 3. The lowest BCUT2D eigenvalue weighted by atomic mass is 10.1. The van der Waals surface area contributed by atoms with E-state index in [0.717, 1.165) is 0 Å². The molecule has 5 N–H and O–H groups in total. The minimum atomic E-state index is -0.485. The first-order valence-corrected chi connectivity index (χ1v) is 6.39. The standard InChI is InChI=1S/C14H13ClN4O2/c15-10-6-2-4-8-12(10)18-14(20)17-11-7-3-1-5-9(11)13(16)19-21/h1-8,21H,(H2,16,19)(H2,17,18,20). The number of amides is 2. The topological polar surface area (TPSA) is 99.7 Å². The van der Waals surface area contributed by atoms with Crippen molar-refractivity contribution in [3.8, 4) is 0 Å².